The molecular weight excluding hydrogens is 316 g/mol. The largest absolute Gasteiger partial charge is 0.350 e. The molecule has 2 N–H and O–H groups in total. The minimum atomic E-state index is -3.26. The second kappa shape index (κ2) is 5.76. The molecule has 0 aliphatic heterocycles. The van der Waals surface area contributed by atoms with E-state index in [1.54, 1.807) is 12.1 Å². The molecule has 0 atom stereocenters. The molecule has 1 amide bonds. The number of hydrogen-bond acceptors (Lipinski definition) is 4. The number of carbonyl (C=O) groups is 1. The molecule has 90 valence electrons. The monoisotopic (exact) mass is 326 g/mol. The van der Waals surface area contributed by atoms with Gasteiger partial charge in [-0.3, -0.25) is 4.79 Å². The van der Waals surface area contributed by atoms with Crippen LogP contribution in [0.25, 0.3) is 0 Å². The van der Waals surface area contributed by atoms with Gasteiger partial charge in [-0.1, -0.05) is 0 Å². The summed E-state index contributed by atoms with van der Waals surface area (Å²) in [5.74, 6) is -0.385. The summed E-state index contributed by atoms with van der Waals surface area (Å²) in [4.78, 5) is 12.0. The molecule has 1 heterocycles. The maximum Gasteiger partial charge on any atom is 0.261 e. The Morgan fingerprint density at radius 2 is 2.19 bits per heavy atom. The smallest absolute Gasteiger partial charge is 0.261 e. The molecule has 0 unspecified atom stereocenters. The number of carbonyl (C=O) groups excluding carboxylic acids is 1. The van der Waals surface area contributed by atoms with E-state index < -0.39 is 10.0 Å². The normalized spacial score (nSPS) is 11.4. The third-order valence-corrected chi connectivity index (χ3v) is 4.75. The zero-order valence-electron chi connectivity index (χ0n) is 8.49. The van der Waals surface area contributed by atoms with E-state index in [-0.39, 0.29) is 18.2 Å². The standard InChI is InChI=1S/C8H11BrN2O3S2/c1-10-16(13,14)5-4-11-8(12)6-2-3-7(9)15-6/h2-3,10H,4-5H2,1H3,(H,11,12). The van der Waals surface area contributed by atoms with Crippen molar-refractivity contribution in [1.82, 2.24) is 10.0 Å². The number of amides is 1. The van der Waals surface area contributed by atoms with Crippen LogP contribution in [-0.4, -0.2) is 33.7 Å². The predicted molar refractivity (Wildman–Crippen MR) is 67.2 cm³/mol. The lowest BCUT2D eigenvalue weighted by Gasteiger charge is -2.03. The van der Waals surface area contributed by atoms with E-state index >= 15 is 0 Å². The van der Waals surface area contributed by atoms with Crippen LogP contribution in [0.5, 0.6) is 0 Å². The fourth-order valence-corrected chi connectivity index (χ4v) is 2.80. The van der Waals surface area contributed by atoms with Crippen molar-refractivity contribution in [3.8, 4) is 0 Å². The Bertz CT molecular complexity index is 469. The summed E-state index contributed by atoms with van der Waals surface area (Å²) in [6.07, 6.45) is 0. The van der Waals surface area contributed by atoms with Gasteiger partial charge in [0.15, 0.2) is 0 Å². The molecular formula is C8H11BrN2O3S2. The Morgan fingerprint density at radius 3 is 2.69 bits per heavy atom. The minimum absolute atomic E-state index is 0.0948. The van der Waals surface area contributed by atoms with Crippen molar-refractivity contribution in [3.05, 3.63) is 20.8 Å². The van der Waals surface area contributed by atoms with Crippen molar-refractivity contribution >= 4 is 43.2 Å². The quantitative estimate of drug-likeness (QED) is 0.840. The van der Waals surface area contributed by atoms with Crippen molar-refractivity contribution in [2.45, 2.75) is 0 Å². The van der Waals surface area contributed by atoms with Gasteiger partial charge in [0.05, 0.1) is 14.4 Å². The highest BCUT2D eigenvalue weighted by atomic mass is 79.9. The summed E-state index contributed by atoms with van der Waals surface area (Å²) in [5, 5.41) is 2.53. The second-order valence-corrected chi connectivity index (χ2v) is 7.39. The van der Waals surface area contributed by atoms with E-state index in [0.29, 0.717) is 4.88 Å². The third kappa shape index (κ3) is 4.20. The first-order valence-corrected chi connectivity index (χ1v) is 7.65. The minimum Gasteiger partial charge on any atom is -0.350 e. The number of thiophene rings is 1. The Hall–Kier alpha value is -0.440. The van der Waals surface area contributed by atoms with Crippen LogP contribution >= 0.6 is 27.3 Å². The van der Waals surface area contributed by atoms with Gasteiger partial charge in [0.1, 0.15) is 0 Å². The van der Waals surface area contributed by atoms with Crippen molar-refractivity contribution in [2.24, 2.45) is 0 Å². The first-order valence-electron chi connectivity index (χ1n) is 4.39. The highest BCUT2D eigenvalue weighted by Gasteiger charge is 2.10. The van der Waals surface area contributed by atoms with Crippen LogP contribution in [-0.2, 0) is 10.0 Å². The molecule has 0 saturated heterocycles. The van der Waals surface area contributed by atoms with E-state index in [4.69, 9.17) is 0 Å². The fraction of sp³-hybridized carbons (Fsp3) is 0.375. The Morgan fingerprint density at radius 1 is 1.50 bits per heavy atom. The number of nitrogens with one attached hydrogen (secondary N) is 2. The van der Waals surface area contributed by atoms with Crippen molar-refractivity contribution < 1.29 is 13.2 Å². The van der Waals surface area contributed by atoms with Gasteiger partial charge in [0.2, 0.25) is 10.0 Å². The van der Waals surface area contributed by atoms with Crippen LogP contribution in [0.3, 0.4) is 0 Å². The van der Waals surface area contributed by atoms with Gasteiger partial charge < -0.3 is 5.32 Å². The molecule has 1 aromatic rings. The molecule has 0 radical (unpaired) electrons. The first-order chi connectivity index (χ1) is 7.44. The Kier molecular flexibility index (Phi) is 4.90. The van der Waals surface area contributed by atoms with Gasteiger partial charge in [-0.25, -0.2) is 13.1 Å². The second-order valence-electron chi connectivity index (χ2n) is 2.88. The number of halogens is 1. The molecule has 0 aliphatic carbocycles. The molecule has 5 nitrogen and oxygen atoms in total. The zero-order chi connectivity index (χ0) is 12.2. The van der Waals surface area contributed by atoms with Crippen LogP contribution in [0.1, 0.15) is 9.67 Å². The van der Waals surface area contributed by atoms with Gasteiger partial charge in [-0.05, 0) is 35.1 Å². The average Bonchev–Trinajstić information content (AvgIpc) is 2.64. The summed E-state index contributed by atoms with van der Waals surface area (Å²) in [6, 6.07) is 3.45. The molecule has 0 aromatic carbocycles. The van der Waals surface area contributed by atoms with Crippen LogP contribution in [0.15, 0.2) is 15.9 Å². The summed E-state index contributed by atoms with van der Waals surface area (Å²) >= 11 is 4.54. The first kappa shape index (κ1) is 13.6. The molecule has 0 bridgehead atoms. The van der Waals surface area contributed by atoms with Crippen molar-refractivity contribution in [3.63, 3.8) is 0 Å². The van der Waals surface area contributed by atoms with Gasteiger partial charge in [0, 0.05) is 6.54 Å². The Labute approximate surface area is 106 Å². The van der Waals surface area contributed by atoms with E-state index in [0.717, 1.165) is 3.79 Å². The number of rotatable bonds is 5. The van der Waals surface area contributed by atoms with Crippen molar-refractivity contribution in [1.29, 1.82) is 0 Å². The average molecular weight is 327 g/mol. The molecule has 0 fully saturated rings. The lowest BCUT2D eigenvalue weighted by Crippen LogP contribution is -2.32. The number of hydrogen-bond donors (Lipinski definition) is 2. The third-order valence-electron chi connectivity index (χ3n) is 1.76. The summed E-state index contributed by atoms with van der Waals surface area (Å²) < 4.78 is 25.1. The Balaban J connectivity index is 2.43. The molecule has 16 heavy (non-hydrogen) atoms. The van der Waals surface area contributed by atoms with E-state index in [1.165, 1.54) is 18.4 Å². The summed E-state index contributed by atoms with van der Waals surface area (Å²) in [7, 11) is -1.92. The van der Waals surface area contributed by atoms with E-state index in [9.17, 15) is 13.2 Å². The molecule has 8 heteroatoms. The van der Waals surface area contributed by atoms with Gasteiger partial charge in [0.25, 0.3) is 5.91 Å². The lowest BCUT2D eigenvalue weighted by molar-refractivity contribution is 0.0960. The highest BCUT2D eigenvalue weighted by molar-refractivity contribution is 9.11. The highest BCUT2D eigenvalue weighted by Crippen LogP contribution is 2.21. The molecule has 0 saturated carbocycles. The summed E-state index contributed by atoms with van der Waals surface area (Å²) in [5.41, 5.74) is 0. The maximum absolute atomic E-state index is 11.5. The topological polar surface area (TPSA) is 75.3 Å². The van der Waals surface area contributed by atoms with Crippen LogP contribution < -0.4 is 10.0 Å². The van der Waals surface area contributed by atoms with Gasteiger partial charge >= 0.3 is 0 Å². The molecule has 0 aliphatic rings. The van der Waals surface area contributed by atoms with Crippen LogP contribution in [0.2, 0.25) is 0 Å². The molecule has 0 spiro atoms. The SMILES string of the molecule is CNS(=O)(=O)CCNC(=O)c1ccc(Br)s1. The van der Waals surface area contributed by atoms with E-state index in [1.807, 2.05) is 0 Å². The van der Waals surface area contributed by atoms with Crippen molar-refractivity contribution in [2.75, 3.05) is 19.3 Å². The van der Waals surface area contributed by atoms with Gasteiger partial charge in [-0.15, -0.1) is 11.3 Å². The fourth-order valence-electron chi connectivity index (χ4n) is 0.924. The lowest BCUT2D eigenvalue weighted by atomic mass is 10.4. The van der Waals surface area contributed by atoms with E-state index in [2.05, 4.69) is 26.0 Å². The van der Waals surface area contributed by atoms with Crippen LogP contribution in [0.4, 0.5) is 0 Å². The maximum atomic E-state index is 11.5. The van der Waals surface area contributed by atoms with Gasteiger partial charge in [-0.2, -0.15) is 0 Å². The predicted octanol–water partition coefficient (Wildman–Crippen LogP) is 0.790. The van der Waals surface area contributed by atoms with Crippen LogP contribution in [0, 0.1) is 0 Å². The molecule has 1 rings (SSSR count). The molecule has 1 aromatic heterocycles. The summed E-state index contributed by atoms with van der Waals surface area (Å²) in [6.45, 7) is 0.0948. The number of sulfonamides is 1. The zero-order valence-corrected chi connectivity index (χ0v) is 11.7.